The molecule has 0 saturated carbocycles. The summed E-state index contributed by atoms with van der Waals surface area (Å²) in [5, 5.41) is 8.96. The second-order valence-corrected chi connectivity index (χ2v) is 2.38. The molecule has 1 saturated heterocycles. The zero-order valence-electron chi connectivity index (χ0n) is 5.13. The SMILES string of the molecule is CC1CCCO[C@H]1O. The lowest BCUT2D eigenvalue weighted by Gasteiger charge is -2.23. The molecule has 1 unspecified atom stereocenters. The van der Waals surface area contributed by atoms with Gasteiger partial charge in [-0.05, 0) is 12.8 Å². The molecule has 0 bridgehead atoms. The van der Waals surface area contributed by atoms with E-state index in [2.05, 4.69) is 0 Å². The minimum absolute atomic E-state index is 0.337. The molecule has 0 aromatic heterocycles. The van der Waals surface area contributed by atoms with E-state index < -0.39 is 6.29 Å². The molecule has 0 amide bonds. The van der Waals surface area contributed by atoms with E-state index in [1.165, 1.54) is 0 Å². The van der Waals surface area contributed by atoms with Crippen LogP contribution in [0, 0.1) is 5.92 Å². The van der Waals surface area contributed by atoms with Gasteiger partial charge in [-0.25, -0.2) is 0 Å². The number of hydrogen-bond acceptors (Lipinski definition) is 2. The van der Waals surface area contributed by atoms with Crippen LogP contribution in [0.1, 0.15) is 19.8 Å². The first-order chi connectivity index (χ1) is 3.80. The maximum atomic E-state index is 8.96. The van der Waals surface area contributed by atoms with Crippen molar-refractivity contribution in [2.24, 2.45) is 5.92 Å². The van der Waals surface area contributed by atoms with Crippen LogP contribution in [-0.2, 0) is 4.74 Å². The van der Waals surface area contributed by atoms with Gasteiger partial charge in [0.1, 0.15) is 0 Å². The highest BCUT2D eigenvalue weighted by molar-refractivity contribution is 4.60. The van der Waals surface area contributed by atoms with Gasteiger partial charge in [-0.15, -0.1) is 0 Å². The van der Waals surface area contributed by atoms with Crippen LogP contribution in [-0.4, -0.2) is 18.0 Å². The van der Waals surface area contributed by atoms with E-state index in [1.54, 1.807) is 0 Å². The van der Waals surface area contributed by atoms with Crippen molar-refractivity contribution in [1.82, 2.24) is 0 Å². The van der Waals surface area contributed by atoms with Crippen LogP contribution in [0.5, 0.6) is 0 Å². The molecule has 0 aromatic carbocycles. The lowest BCUT2D eigenvalue weighted by molar-refractivity contribution is -0.153. The van der Waals surface area contributed by atoms with E-state index >= 15 is 0 Å². The summed E-state index contributed by atoms with van der Waals surface area (Å²) in [4.78, 5) is 0. The van der Waals surface area contributed by atoms with Gasteiger partial charge in [0.25, 0.3) is 0 Å². The van der Waals surface area contributed by atoms with Gasteiger partial charge >= 0.3 is 0 Å². The van der Waals surface area contributed by atoms with Crippen molar-refractivity contribution in [3.05, 3.63) is 0 Å². The Labute approximate surface area is 49.5 Å². The van der Waals surface area contributed by atoms with Crippen LogP contribution in [0.2, 0.25) is 0 Å². The highest BCUT2D eigenvalue weighted by Crippen LogP contribution is 2.17. The predicted octanol–water partition coefficient (Wildman–Crippen LogP) is 0.751. The van der Waals surface area contributed by atoms with Crippen LogP contribution >= 0.6 is 0 Å². The molecule has 1 fully saturated rings. The maximum Gasteiger partial charge on any atom is 0.157 e. The molecular formula is C6H12O2. The van der Waals surface area contributed by atoms with E-state index in [0.29, 0.717) is 5.92 Å². The van der Waals surface area contributed by atoms with Crippen LogP contribution in [0.4, 0.5) is 0 Å². The normalized spacial score (nSPS) is 39.8. The Balaban J connectivity index is 2.28. The third-order valence-electron chi connectivity index (χ3n) is 1.58. The molecule has 0 radical (unpaired) electrons. The van der Waals surface area contributed by atoms with Crippen LogP contribution in [0.3, 0.4) is 0 Å². The first-order valence-electron chi connectivity index (χ1n) is 3.10. The molecule has 0 spiro atoms. The van der Waals surface area contributed by atoms with E-state index in [9.17, 15) is 0 Å². The Bertz CT molecular complexity index is 62.9. The molecular weight excluding hydrogens is 104 g/mol. The van der Waals surface area contributed by atoms with Crippen LogP contribution < -0.4 is 0 Å². The fourth-order valence-corrected chi connectivity index (χ4v) is 0.916. The highest BCUT2D eigenvalue weighted by Gasteiger charge is 2.18. The third kappa shape index (κ3) is 1.20. The van der Waals surface area contributed by atoms with E-state index in [1.807, 2.05) is 6.92 Å². The van der Waals surface area contributed by atoms with E-state index in [4.69, 9.17) is 9.84 Å². The molecule has 8 heavy (non-hydrogen) atoms. The summed E-state index contributed by atoms with van der Waals surface area (Å²) in [6.45, 7) is 2.73. The van der Waals surface area contributed by atoms with Crippen LogP contribution in [0.25, 0.3) is 0 Å². The molecule has 0 aromatic rings. The number of rotatable bonds is 0. The van der Waals surface area contributed by atoms with Crippen molar-refractivity contribution in [3.8, 4) is 0 Å². The number of hydrogen-bond donors (Lipinski definition) is 1. The molecule has 1 aliphatic rings. The summed E-state index contributed by atoms with van der Waals surface area (Å²) in [6, 6.07) is 0. The van der Waals surface area contributed by atoms with Gasteiger partial charge in [-0.3, -0.25) is 0 Å². The monoisotopic (exact) mass is 116 g/mol. The lowest BCUT2D eigenvalue weighted by atomic mass is 10.0. The van der Waals surface area contributed by atoms with Crippen molar-refractivity contribution >= 4 is 0 Å². The van der Waals surface area contributed by atoms with Crippen LogP contribution in [0.15, 0.2) is 0 Å². The molecule has 2 heteroatoms. The molecule has 1 rings (SSSR count). The number of ether oxygens (including phenoxy) is 1. The molecule has 0 aliphatic carbocycles. The van der Waals surface area contributed by atoms with Crippen molar-refractivity contribution in [1.29, 1.82) is 0 Å². The Kier molecular flexibility index (Phi) is 1.86. The average molecular weight is 116 g/mol. The van der Waals surface area contributed by atoms with Crippen molar-refractivity contribution in [2.45, 2.75) is 26.1 Å². The minimum atomic E-state index is -0.497. The van der Waals surface area contributed by atoms with Gasteiger partial charge in [0, 0.05) is 12.5 Å². The molecule has 1 heterocycles. The average Bonchev–Trinajstić information content (AvgIpc) is 1.77. The largest absolute Gasteiger partial charge is 0.368 e. The quantitative estimate of drug-likeness (QED) is 0.506. The summed E-state index contributed by atoms with van der Waals surface area (Å²) >= 11 is 0. The van der Waals surface area contributed by atoms with Gasteiger partial charge in [-0.2, -0.15) is 0 Å². The van der Waals surface area contributed by atoms with Gasteiger partial charge in [0.2, 0.25) is 0 Å². The maximum absolute atomic E-state index is 8.96. The molecule has 2 atom stereocenters. The third-order valence-corrected chi connectivity index (χ3v) is 1.58. The van der Waals surface area contributed by atoms with Gasteiger partial charge < -0.3 is 9.84 Å². The zero-order valence-corrected chi connectivity index (χ0v) is 5.13. The topological polar surface area (TPSA) is 29.5 Å². The molecule has 2 nitrogen and oxygen atoms in total. The lowest BCUT2D eigenvalue weighted by Crippen LogP contribution is -2.26. The first-order valence-corrected chi connectivity index (χ1v) is 3.10. The summed E-state index contributed by atoms with van der Waals surface area (Å²) in [7, 11) is 0. The standard InChI is InChI=1S/C6H12O2/c1-5-3-2-4-8-6(5)7/h5-7H,2-4H2,1H3/t5?,6-/m1/s1. The van der Waals surface area contributed by atoms with Gasteiger partial charge in [-0.1, -0.05) is 6.92 Å². The summed E-state index contributed by atoms with van der Waals surface area (Å²) < 4.78 is 4.95. The first kappa shape index (κ1) is 6.05. The fourth-order valence-electron chi connectivity index (χ4n) is 0.916. The molecule has 48 valence electrons. The smallest absolute Gasteiger partial charge is 0.157 e. The van der Waals surface area contributed by atoms with E-state index in [-0.39, 0.29) is 0 Å². The second kappa shape index (κ2) is 2.46. The molecule has 1 aliphatic heterocycles. The summed E-state index contributed by atoms with van der Waals surface area (Å²) in [6.07, 6.45) is 1.70. The molecule has 1 N–H and O–H groups in total. The Morgan fingerprint density at radius 3 is 2.75 bits per heavy atom. The predicted molar refractivity (Wildman–Crippen MR) is 30.4 cm³/mol. The Morgan fingerprint density at radius 2 is 2.38 bits per heavy atom. The summed E-state index contributed by atoms with van der Waals surface area (Å²) in [5.41, 5.74) is 0. The fraction of sp³-hybridized carbons (Fsp3) is 1.00. The summed E-state index contributed by atoms with van der Waals surface area (Å²) in [5.74, 6) is 0.337. The minimum Gasteiger partial charge on any atom is -0.368 e. The number of aliphatic hydroxyl groups excluding tert-OH is 1. The van der Waals surface area contributed by atoms with E-state index in [0.717, 1.165) is 19.4 Å². The van der Waals surface area contributed by atoms with Crippen molar-refractivity contribution in [3.63, 3.8) is 0 Å². The Hall–Kier alpha value is -0.0800. The number of aliphatic hydroxyl groups is 1. The van der Waals surface area contributed by atoms with Crippen molar-refractivity contribution in [2.75, 3.05) is 6.61 Å². The van der Waals surface area contributed by atoms with Gasteiger partial charge in [0.05, 0.1) is 0 Å². The van der Waals surface area contributed by atoms with Crippen molar-refractivity contribution < 1.29 is 9.84 Å². The van der Waals surface area contributed by atoms with Gasteiger partial charge in [0.15, 0.2) is 6.29 Å². The zero-order chi connectivity index (χ0) is 5.98. The highest BCUT2D eigenvalue weighted by atomic mass is 16.6. The Morgan fingerprint density at radius 1 is 1.62 bits per heavy atom. The second-order valence-electron chi connectivity index (χ2n) is 2.38.